The average Bonchev–Trinajstić information content (AvgIpc) is 2.34. The van der Waals surface area contributed by atoms with E-state index in [2.05, 4.69) is 4.74 Å². The van der Waals surface area contributed by atoms with Crippen molar-refractivity contribution in [3.63, 3.8) is 0 Å². The van der Waals surface area contributed by atoms with Crippen molar-refractivity contribution in [1.82, 2.24) is 0 Å². The van der Waals surface area contributed by atoms with Gasteiger partial charge in [-0.05, 0) is 38.5 Å². The van der Waals surface area contributed by atoms with Gasteiger partial charge in [0, 0.05) is 6.92 Å². The molecule has 1 atom stereocenters. The molecule has 0 aromatic heterocycles. The predicted molar refractivity (Wildman–Crippen MR) is 73.9 cm³/mol. The fraction of sp³-hybridized carbons (Fsp3) is 0.467. The number of rotatable bonds is 5. The van der Waals surface area contributed by atoms with E-state index in [0.717, 1.165) is 6.92 Å². The van der Waals surface area contributed by atoms with Crippen molar-refractivity contribution < 1.29 is 33.0 Å². The standard InChI is InChI=1S/C15H18F2O5/c1-9(18)21-12(15(16,17)13(19)20)10-5-7-11(8-6-10)22-14(2,3)4/h5-8,12H,1-4H3,(H,19,20). The molecule has 0 amide bonds. The maximum absolute atomic E-state index is 13.7. The van der Waals surface area contributed by atoms with Crippen molar-refractivity contribution in [2.75, 3.05) is 0 Å². The average molecular weight is 316 g/mol. The van der Waals surface area contributed by atoms with Crippen molar-refractivity contribution >= 4 is 11.9 Å². The van der Waals surface area contributed by atoms with E-state index >= 15 is 0 Å². The summed E-state index contributed by atoms with van der Waals surface area (Å²) in [6.07, 6.45) is -2.20. The number of carbonyl (C=O) groups excluding carboxylic acids is 1. The van der Waals surface area contributed by atoms with Gasteiger partial charge in [0.15, 0.2) is 0 Å². The number of aliphatic carboxylic acids is 1. The minimum atomic E-state index is -4.24. The molecule has 0 heterocycles. The highest BCUT2D eigenvalue weighted by Gasteiger charge is 2.51. The summed E-state index contributed by atoms with van der Waals surface area (Å²) in [5.41, 5.74) is -0.606. The number of carbonyl (C=O) groups is 2. The van der Waals surface area contributed by atoms with Crippen LogP contribution in [0, 0.1) is 0 Å². The Hall–Kier alpha value is -2.18. The Bertz CT molecular complexity index is 546. The quantitative estimate of drug-likeness (QED) is 0.845. The van der Waals surface area contributed by atoms with Crippen LogP contribution in [0.1, 0.15) is 39.4 Å². The first kappa shape index (κ1) is 17.9. The first-order valence-corrected chi connectivity index (χ1v) is 6.51. The Labute approximate surface area is 126 Å². The third kappa shape index (κ3) is 4.68. The molecule has 1 unspecified atom stereocenters. The van der Waals surface area contributed by atoms with E-state index in [1.54, 1.807) is 0 Å². The molecule has 1 aromatic rings. The molecule has 0 radical (unpaired) electrons. The van der Waals surface area contributed by atoms with Gasteiger partial charge in [-0.3, -0.25) is 4.79 Å². The maximum Gasteiger partial charge on any atom is 0.382 e. The van der Waals surface area contributed by atoms with Crippen LogP contribution in [0.3, 0.4) is 0 Å². The van der Waals surface area contributed by atoms with Gasteiger partial charge in [-0.25, -0.2) is 4.79 Å². The zero-order chi connectivity index (χ0) is 17.1. The Morgan fingerprint density at radius 1 is 1.14 bits per heavy atom. The molecule has 1 N–H and O–H groups in total. The van der Waals surface area contributed by atoms with Gasteiger partial charge in [0.1, 0.15) is 11.4 Å². The molecule has 0 bridgehead atoms. The maximum atomic E-state index is 13.7. The summed E-state index contributed by atoms with van der Waals surface area (Å²) in [4.78, 5) is 21.7. The topological polar surface area (TPSA) is 72.8 Å². The van der Waals surface area contributed by atoms with Crippen LogP contribution in [0.15, 0.2) is 24.3 Å². The number of carboxylic acid groups (broad SMARTS) is 1. The fourth-order valence-electron chi connectivity index (χ4n) is 1.69. The number of hydrogen-bond acceptors (Lipinski definition) is 4. The van der Waals surface area contributed by atoms with Gasteiger partial charge in [0.05, 0.1) is 0 Å². The van der Waals surface area contributed by atoms with Crippen molar-refractivity contribution in [3.05, 3.63) is 29.8 Å². The van der Waals surface area contributed by atoms with Gasteiger partial charge in [-0.2, -0.15) is 8.78 Å². The SMILES string of the molecule is CC(=O)OC(c1ccc(OC(C)(C)C)cc1)C(F)(F)C(=O)O. The summed E-state index contributed by atoms with van der Waals surface area (Å²) < 4.78 is 37.5. The van der Waals surface area contributed by atoms with Gasteiger partial charge in [0.2, 0.25) is 6.10 Å². The van der Waals surface area contributed by atoms with Gasteiger partial charge in [0.25, 0.3) is 0 Å². The van der Waals surface area contributed by atoms with Crippen LogP contribution >= 0.6 is 0 Å². The molecule has 0 aliphatic rings. The van der Waals surface area contributed by atoms with E-state index in [4.69, 9.17) is 9.84 Å². The molecule has 5 nitrogen and oxygen atoms in total. The minimum absolute atomic E-state index is 0.135. The van der Waals surface area contributed by atoms with E-state index in [9.17, 15) is 18.4 Å². The molecule has 0 fully saturated rings. The van der Waals surface area contributed by atoms with E-state index in [1.807, 2.05) is 20.8 Å². The number of ether oxygens (including phenoxy) is 2. The van der Waals surface area contributed by atoms with Gasteiger partial charge >= 0.3 is 17.9 Å². The normalized spacial score (nSPS) is 13.4. The number of hydrogen-bond donors (Lipinski definition) is 1. The van der Waals surface area contributed by atoms with Gasteiger partial charge < -0.3 is 14.6 Å². The lowest BCUT2D eigenvalue weighted by atomic mass is 10.0. The lowest BCUT2D eigenvalue weighted by molar-refractivity contribution is -0.193. The van der Waals surface area contributed by atoms with Crippen molar-refractivity contribution in [3.8, 4) is 5.75 Å². The van der Waals surface area contributed by atoms with Crippen LogP contribution in [-0.4, -0.2) is 28.6 Å². The lowest BCUT2D eigenvalue weighted by Gasteiger charge is -2.24. The second-order valence-corrected chi connectivity index (χ2v) is 5.70. The number of carboxylic acids is 1. The third-order valence-electron chi connectivity index (χ3n) is 2.51. The zero-order valence-electron chi connectivity index (χ0n) is 12.7. The minimum Gasteiger partial charge on any atom is -0.488 e. The summed E-state index contributed by atoms with van der Waals surface area (Å²) in [6, 6.07) is 5.31. The van der Waals surface area contributed by atoms with E-state index in [-0.39, 0.29) is 5.56 Å². The number of benzene rings is 1. The van der Waals surface area contributed by atoms with Crippen LogP contribution in [0.4, 0.5) is 8.78 Å². The number of alkyl halides is 2. The van der Waals surface area contributed by atoms with Crippen LogP contribution in [0.25, 0.3) is 0 Å². The van der Waals surface area contributed by atoms with Gasteiger partial charge in [-0.15, -0.1) is 0 Å². The summed E-state index contributed by atoms with van der Waals surface area (Å²) in [5, 5.41) is 8.63. The van der Waals surface area contributed by atoms with E-state index < -0.39 is 29.6 Å². The Balaban J connectivity index is 3.11. The molecule has 0 saturated heterocycles. The Morgan fingerprint density at radius 3 is 2.00 bits per heavy atom. The van der Waals surface area contributed by atoms with Crippen molar-refractivity contribution in [1.29, 1.82) is 0 Å². The highest BCUT2D eigenvalue weighted by molar-refractivity contribution is 5.77. The van der Waals surface area contributed by atoms with Crippen molar-refractivity contribution in [2.24, 2.45) is 0 Å². The molecule has 0 aliphatic heterocycles. The first-order chi connectivity index (χ1) is 9.93. The second-order valence-electron chi connectivity index (χ2n) is 5.70. The number of halogens is 2. The molecule has 22 heavy (non-hydrogen) atoms. The predicted octanol–water partition coefficient (Wildman–Crippen LogP) is 3.19. The van der Waals surface area contributed by atoms with Gasteiger partial charge in [-0.1, -0.05) is 12.1 Å². The molecule has 7 heteroatoms. The second kappa shape index (κ2) is 6.29. The smallest absolute Gasteiger partial charge is 0.382 e. The molecular weight excluding hydrogens is 298 g/mol. The van der Waals surface area contributed by atoms with Crippen LogP contribution in [0.2, 0.25) is 0 Å². The van der Waals surface area contributed by atoms with Crippen molar-refractivity contribution in [2.45, 2.75) is 45.3 Å². The number of esters is 1. The summed E-state index contributed by atoms with van der Waals surface area (Å²) in [5.74, 6) is -7.18. The van der Waals surface area contributed by atoms with Crippen LogP contribution in [-0.2, 0) is 14.3 Å². The van der Waals surface area contributed by atoms with Crippen LogP contribution in [0.5, 0.6) is 5.75 Å². The molecular formula is C15H18F2O5. The van der Waals surface area contributed by atoms with E-state index in [0.29, 0.717) is 5.75 Å². The highest BCUT2D eigenvalue weighted by Crippen LogP contribution is 2.36. The zero-order valence-corrected chi connectivity index (χ0v) is 12.7. The summed E-state index contributed by atoms with van der Waals surface area (Å²) >= 11 is 0. The summed E-state index contributed by atoms with van der Waals surface area (Å²) in [7, 11) is 0. The molecule has 1 rings (SSSR count). The Kier molecular flexibility index (Phi) is 5.11. The van der Waals surface area contributed by atoms with Crippen LogP contribution < -0.4 is 4.74 Å². The summed E-state index contributed by atoms with van der Waals surface area (Å²) in [6.45, 7) is 6.39. The monoisotopic (exact) mass is 316 g/mol. The largest absolute Gasteiger partial charge is 0.488 e. The first-order valence-electron chi connectivity index (χ1n) is 6.51. The Morgan fingerprint density at radius 2 is 1.64 bits per heavy atom. The third-order valence-corrected chi connectivity index (χ3v) is 2.51. The van der Waals surface area contributed by atoms with E-state index in [1.165, 1.54) is 24.3 Å². The molecule has 0 saturated carbocycles. The molecule has 0 aliphatic carbocycles. The molecule has 0 spiro atoms. The fourth-order valence-corrected chi connectivity index (χ4v) is 1.69. The lowest BCUT2D eigenvalue weighted by Crippen LogP contribution is -2.37. The highest BCUT2D eigenvalue weighted by atomic mass is 19.3. The molecule has 122 valence electrons. The molecule has 1 aromatic carbocycles.